The second-order valence-electron chi connectivity index (χ2n) is 7.40. The van der Waals surface area contributed by atoms with E-state index in [-0.39, 0.29) is 22.5 Å². The summed E-state index contributed by atoms with van der Waals surface area (Å²) < 4.78 is 12.0. The van der Waals surface area contributed by atoms with Gasteiger partial charge in [0.05, 0.1) is 6.61 Å². The molecule has 7 nitrogen and oxygen atoms in total. The van der Waals surface area contributed by atoms with Crippen molar-refractivity contribution in [2.24, 2.45) is 0 Å². The summed E-state index contributed by atoms with van der Waals surface area (Å²) in [4.78, 5) is 24.0. The third kappa shape index (κ3) is 6.27. The second-order valence-corrected chi connectivity index (χ2v) is 8.16. The molecule has 1 aromatic rings. The van der Waals surface area contributed by atoms with Crippen molar-refractivity contribution in [3.63, 3.8) is 0 Å². The molecule has 0 bridgehead atoms. The predicted molar refractivity (Wildman–Crippen MR) is 110 cm³/mol. The van der Waals surface area contributed by atoms with Crippen molar-refractivity contribution in [1.82, 2.24) is 15.1 Å². The molecule has 1 N–H and O–H groups in total. The van der Waals surface area contributed by atoms with E-state index in [1.54, 1.807) is 20.8 Å². The van der Waals surface area contributed by atoms with Gasteiger partial charge in [-0.2, -0.15) is 4.68 Å². The Morgan fingerprint density at radius 3 is 2.68 bits per heavy atom. The monoisotopic (exact) mass is 429 g/mol. The number of hydrogen-bond acceptors (Lipinski definition) is 5. The molecular weight excluding hydrogens is 405 g/mol. The van der Waals surface area contributed by atoms with Crippen molar-refractivity contribution in [1.29, 1.82) is 0 Å². The number of halogens is 2. The minimum atomic E-state index is -0.552. The van der Waals surface area contributed by atoms with Gasteiger partial charge in [-0.3, -0.25) is 4.79 Å². The van der Waals surface area contributed by atoms with E-state index in [4.69, 9.17) is 32.7 Å². The molecule has 1 heterocycles. The molecule has 28 heavy (non-hydrogen) atoms. The van der Waals surface area contributed by atoms with E-state index in [1.807, 2.05) is 13.0 Å². The average Bonchev–Trinajstić information content (AvgIpc) is 2.59. The van der Waals surface area contributed by atoms with E-state index in [2.05, 4.69) is 16.5 Å². The summed E-state index contributed by atoms with van der Waals surface area (Å²) in [7, 11) is 0. The quantitative estimate of drug-likeness (QED) is 0.676. The number of carbonyl (C=O) groups excluding carboxylic acids is 1. The molecule has 0 saturated carbocycles. The highest BCUT2D eigenvalue weighted by atomic mass is 35.5. The van der Waals surface area contributed by atoms with Crippen molar-refractivity contribution in [2.75, 3.05) is 13.2 Å². The molecule has 0 atom stereocenters. The molecule has 0 spiro atoms. The Labute approximate surface area is 174 Å². The van der Waals surface area contributed by atoms with E-state index in [1.165, 1.54) is 4.68 Å². The third-order valence-electron chi connectivity index (χ3n) is 3.71. The molecule has 1 aliphatic rings. The summed E-state index contributed by atoms with van der Waals surface area (Å²) in [5, 5.41) is 6.71. The molecule has 1 aliphatic carbocycles. The summed E-state index contributed by atoms with van der Waals surface area (Å²) >= 11 is 12.2. The van der Waals surface area contributed by atoms with Crippen LogP contribution >= 0.6 is 23.2 Å². The fourth-order valence-corrected chi connectivity index (χ4v) is 2.84. The lowest BCUT2D eigenvalue weighted by molar-refractivity contribution is 0.0525. The molecule has 0 aromatic carbocycles. The zero-order chi connectivity index (χ0) is 20.9. The number of nitrogens with zero attached hydrogens (tertiary/aromatic N) is 2. The van der Waals surface area contributed by atoms with Crippen molar-refractivity contribution in [2.45, 2.75) is 52.6 Å². The molecule has 0 unspecified atom stereocenters. The maximum absolute atomic E-state index is 12.4. The van der Waals surface area contributed by atoms with Crippen LogP contribution < -0.4 is 15.6 Å². The second kappa shape index (κ2) is 9.47. The number of hydrogen-bond donors (Lipinski definition) is 1. The van der Waals surface area contributed by atoms with Crippen LogP contribution in [0.15, 0.2) is 22.5 Å². The molecule has 0 aliphatic heterocycles. The lowest BCUT2D eigenvalue weighted by Gasteiger charge is -2.19. The zero-order valence-electron chi connectivity index (χ0n) is 16.5. The van der Waals surface area contributed by atoms with Crippen LogP contribution in [0.25, 0.3) is 5.70 Å². The van der Waals surface area contributed by atoms with Gasteiger partial charge in [-0.05, 0) is 53.0 Å². The zero-order valence-corrected chi connectivity index (χ0v) is 18.0. The molecule has 1 aromatic heterocycles. The van der Waals surface area contributed by atoms with Gasteiger partial charge >= 0.3 is 6.09 Å². The van der Waals surface area contributed by atoms with Crippen LogP contribution in [0.5, 0.6) is 5.88 Å². The number of ether oxygens (including phenoxy) is 2. The smallest absolute Gasteiger partial charge is 0.407 e. The molecule has 0 fully saturated rings. The molecular formula is C19H25Cl2N3O4. The summed E-state index contributed by atoms with van der Waals surface area (Å²) in [5.41, 5.74) is 0.757. The van der Waals surface area contributed by atoms with Crippen LogP contribution in [-0.2, 0) is 4.74 Å². The van der Waals surface area contributed by atoms with Gasteiger partial charge in [-0.1, -0.05) is 34.9 Å². The minimum absolute atomic E-state index is 0.0216. The number of aromatic nitrogens is 2. The first-order chi connectivity index (χ1) is 13.1. The maximum atomic E-state index is 12.4. The van der Waals surface area contributed by atoms with E-state index in [9.17, 15) is 9.59 Å². The number of rotatable bonds is 6. The summed E-state index contributed by atoms with van der Waals surface area (Å²) in [5.74, 6) is 0.0802. The topological polar surface area (TPSA) is 82.4 Å². The number of carbonyl (C=O) groups is 1. The normalized spacial score (nSPS) is 14.2. The van der Waals surface area contributed by atoms with Crippen LogP contribution in [0, 0.1) is 0 Å². The van der Waals surface area contributed by atoms with Gasteiger partial charge in [0.15, 0.2) is 0 Å². The van der Waals surface area contributed by atoms with Gasteiger partial charge in [0.1, 0.15) is 15.6 Å². The van der Waals surface area contributed by atoms with Gasteiger partial charge in [-0.25, -0.2) is 4.79 Å². The van der Waals surface area contributed by atoms with Crippen LogP contribution in [0.1, 0.15) is 47.0 Å². The Morgan fingerprint density at radius 2 is 2.04 bits per heavy atom. The highest BCUT2D eigenvalue weighted by Gasteiger charge is 2.19. The van der Waals surface area contributed by atoms with Crippen molar-refractivity contribution < 1.29 is 14.3 Å². The number of amides is 1. The summed E-state index contributed by atoms with van der Waals surface area (Å²) in [6, 6.07) is 0. The standard InChI is InChI=1S/C19H25Cl2N3O4/c1-12-7-5-8-13(11-12)24-17(25)15(21)14(20)16(23-24)27-10-6-9-22-18(26)28-19(2,3)4/h7,11H,5-6,8-10H2,1-4H3,(H,22,26). The van der Waals surface area contributed by atoms with Crippen LogP contribution in [0.4, 0.5) is 4.79 Å². The van der Waals surface area contributed by atoms with E-state index < -0.39 is 17.3 Å². The van der Waals surface area contributed by atoms with Crippen molar-refractivity contribution in [3.05, 3.63) is 38.1 Å². The van der Waals surface area contributed by atoms with Crippen molar-refractivity contribution in [3.8, 4) is 5.88 Å². The van der Waals surface area contributed by atoms with Crippen LogP contribution in [0.2, 0.25) is 10.0 Å². The highest BCUT2D eigenvalue weighted by Crippen LogP contribution is 2.29. The number of nitrogens with one attached hydrogen (secondary N) is 1. The Kier molecular flexibility index (Phi) is 7.55. The Balaban J connectivity index is 2.00. The molecule has 1 amide bonds. The van der Waals surface area contributed by atoms with Gasteiger partial charge in [0.25, 0.3) is 11.4 Å². The van der Waals surface area contributed by atoms with Crippen LogP contribution in [-0.4, -0.2) is 34.6 Å². The van der Waals surface area contributed by atoms with Gasteiger partial charge in [0.2, 0.25) is 0 Å². The molecule has 0 saturated heterocycles. The fourth-order valence-electron chi connectivity index (χ4n) is 2.50. The number of allylic oxidation sites excluding steroid dienone is 4. The van der Waals surface area contributed by atoms with Gasteiger partial charge in [0, 0.05) is 12.2 Å². The Hall–Kier alpha value is -1.99. The molecule has 9 heteroatoms. The van der Waals surface area contributed by atoms with E-state index in [0.717, 1.165) is 17.7 Å². The largest absolute Gasteiger partial charge is 0.475 e. The first-order valence-electron chi connectivity index (χ1n) is 9.04. The lowest BCUT2D eigenvalue weighted by Crippen LogP contribution is -2.33. The fraction of sp³-hybridized carbons (Fsp3) is 0.526. The first kappa shape index (κ1) is 22.3. The highest BCUT2D eigenvalue weighted by molar-refractivity contribution is 6.42. The molecule has 154 valence electrons. The van der Waals surface area contributed by atoms with E-state index in [0.29, 0.717) is 19.4 Å². The molecule has 2 rings (SSSR count). The van der Waals surface area contributed by atoms with Gasteiger partial charge < -0.3 is 14.8 Å². The van der Waals surface area contributed by atoms with Crippen LogP contribution in [0.3, 0.4) is 0 Å². The SMILES string of the molecule is CC1=CCCC(n2nc(OCCCNC(=O)OC(C)(C)C)c(Cl)c(Cl)c2=O)=C1. The minimum Gasteiger partial charge on any atom is -0.475 e. The predicted octanol–water partition coefficient (Wildman–Crippen LogP) is 4.42. The summed E-state index contributed by atoms with van der Waals surface area (Å²) in [6.45, 7) is 7.92. The summed E-state index contributed by atoms with van der Waals surface area (Å²) in [6.07, 6.45) is 5.46. The Morgan fingerprint density at radius 1 is 1.32 bits per heavy atom. The Bertz CT molecular complexity index is 854. The lowest BCUT2D eigenvalue weighted by atomic mass is 10.1. The third-order valence-corrected chi connectivity index (χ3v) is 4.51. The molecule has 0 radical (unpaired) electrons. The van der Waals surface area contributed by atoms with Crippen molar-refractivity contribution >= 4 is 35.0 Å². The number of alkyl carbamates (subject to hydrolysis) is 1. The average molecular weight is 430 g/mol. The van der Waals surface area contributed by atoms with E-state index >= 15 is 0 Å². The van der Waals surface area contributed by atoms with Gasteiger partial charge in [-0.15, -0.1) is 5.10 Å². The first-order valence-corrected chi connectivity index (χ1v) is 9.80. The maximum Gasteiger partial charge on any atom is 0.407 e.